The molecule has 0 saturated heterocycles. The van der Waals surface area contributed by atoms with Gasteiger partial charge in [0.15, 0.2) is 11.5 Å². The number of carboxylic acid groups (broad SMARTS) is 1. The fourth-order valence-corrected chi connectivity index (χ4v) is 1.51. The van der Waals surface area contributed by atoms with Crippen LogP contribution in [0, 0.1) is 0 Å². The first-order valence-corrected chi connectivity index (χ1v) is 5.12. The van der Waals surface area contributed by atoms with E-state index in [1.807, 2.05) is 0 Å². The number of nitrogens with zero attached hydrogens (tertiary/aromatic N) is 4. The van der Waals surface area contributed by atoms with Crippen LogP contribution in [-0.2, 0) is 7.05 Å². The molecule has 2 heterocycles. The van der Waals surface area contributed by atoms with E-state index in [1.54, 1.807) is 19.4 Å². The fourth-order valence-electron chi connectivity index (χ4n) is 1.31. The molecule has 0 amide bonds. The van der Waals surface area contributed by atoms with E-state index in [0.717, 1.165) is 4.47 Å². The first kappa shape index (κ1) is 10.7. The minimum absolute atomic E-state index is 0.0716. The third-order valence-corrected chi connectivity index (χ3v) is 2.41. The van der Waals surface area contributed by atoms with E-state index in [2.05, 4.69) is 31.0 Å². The third kappa shape index (κ3) is 1.81. The van der Waals surface area contributed by atoms with Gasteiger partial charge < -0.3 is 5.11 Å². The Balaban J connectivity index is 2.56. The lowest BCUT2D eigenvalue weighted by Gasteiger charge is -1.99. The summed E-state index contributed by atoms with van der Waals surface area (Å²) in [5, 5.41) is 12.9. The number of hydrogen-bond acceptors (Lipinski definition) is 4. The van der Waals surface area contributed by atoms with Crippen LogP contribution in [0.2, 0.25) is 0 Å². The zero-order valence-electron chi connectivity index (χ0n) is 8.25. The fraction of sp³-hybridized carbons (Fsp3) is 0.111. The van der Waals surface area contributed by atoms with Gasteiger partial charge in [0.25, 0.3) is 0 Å². The minimum Gasteiger partial charge on any atom is -0.477 e. The van der Waals surface area contributed by atoms with E-state index in [1.165, 1.54) is 10.9 Å². The van der Waals surface area contributed by atoms with Gasteiger partial charge in [0.2, 0.25) is 0 Å². The Bertz CT molecular complexity index is 535. The van der Waals surface area contributed by atoms with Crippen molar-refractivity contribution in [1.82, 2.24) is 19.7 Å². The molecule has 82 valence electrons. The molecule has 0 aromatic carbocycles. The Labute approximate surface area is 99.1 Å². The van der Waals surface area contributed by atoms with Gasteiger partial charge >= 0.3 is 5.97 Å². The molecule has 0 aliphatic carbocycles. The van der Waals surface area contributed by atoms with Crippen molar-refractivity contribution in [3.8, 4) is 11.4 Å². The predicted molar refractivity (Wildman–Crippen MR) is 58.9 cm³/mol. The van der Waals surface area contributed by atoms with E-state index < -0.39 is 5.97 Å². The first-order chi connectivity index (χ1) is 7.59. The highest BCUT2D eigenvalue weighted by Gasteiger charge is 2.18. The smallest absolute Gasteiger partial charge is 0.354 e. The average Bonchev–Trinajstić information content (AvgIpc) is 2.61. The van der Waals surface area contributed by atoms with Crippen molar-refractivity contribution >= 4 is 21.9 Å². The second-order valence-electron chi connectivity index (χ2n) is 3.06. The summed E-state index contributed by atoms with van der Waals surface area (Å²) >= 11 is 3.21. The maximum atomic E-state index is 11.0. The maximum absolute atomic E-state index is 11.0. The lowest BCUT2D eigenvalue weighted by atomic mass is 10.2. The predicted octanol–water partition coefficient (Wildman–Crippen LogP) is 1.34. The molecule has 0 fully saturated rings. The minimum atomic E-state index is -1.05. The summed E-state index contributed by atoms with van der Waals surface area (Å²) in [6.45, 7) is 0. The highest BCUT2D eigenvalue weighted by atomic mass is 79.9. The number of carboxylic acids is 1. The normalized spacial score (nSPS) is 10.4. The molecule has 2 rings (SSSR count). The highest BCUT2D eigenvalue weighted by molar-refractivity contribution is 9.10. The Morgan fingerprint density at radius 3 is 2.56 bits per heavy atom. The summed E-state index contributed by atoms with van der Waals surface area (Å²) < 4.78 is 2.01. The van der Waals surface area contributed by atoms with Gasteiger partial charge in [-0.1, -0.05) is 0 Å². The zero-order chi connectivity index (χ0) is 11.7. The molecular weight excluding hydrogens is 276 g/mol. The molecule has 16 heavy (non-hydrogen) atoms. The summed E-state index contributed by atoms with van der Waals surface area (Å²) in [5.41, 5.74) is 0.477. The molecule has 0 aliphatic rings. The molecule has 1 N–H and O–H groups in total. The van der Waals surface area contributed by atoms with Crippen molar-refractivity contribution in [3.63, 3.8) is 0 Å². The molecule has 2 aromatic rings. The number of halogens is 1. The van der Waals surface area contributed by atoms with Crippen molar-refractivity contribution < 1.29 is 9.90 Å². The van der Waals surface area contributed by atoms with Crippen molar-refractivity contribution in [1.29, 1.82) is 0 Å². The topological polar surface area (TPSA) is 80.9 Å². The van der Waals surface area contributed by atoms with Gasteiger partial charge in [-0.2, -0.15) is 5.10 Å². The van der Waals surface area contributed by atoms with Crippen LogP contribution in [-0.4, -0.2) is 30.8 Å². The quantitative estimate of drug-likeness (QED) is 0.899. The Morgan fingerprint density at radius 2 is 2.00 bits per heavy atom. The van der Waals surface area contributed by atoms with Gasteiger partial charge in [-0.05, 0) is 15.9 Å². The van der Waals surface area contributed by atoms with Crippen LogP contribution < -0.4 is 0 Å². The average molecular weight is 283 g/mol. The van der Waals surface area contributed by atoms with E-state index in [4.69, 9.17) is 5.11 Å². The van der Waals surface area contributed by atoms with Gasteiger partial charge in [0.05, 0.1) is 16.2 Å². The van der Waals surface area contributed by atoms with Crippen LogP contribution in [0.15, 0.2) is 23.1 Å². The second kappa shape index (κ2) is 4.01. The van der Waals surface area contributed by atoms with Crippen LogP contribution >= 0.6 is 15.9 Å². The van der Waals surface area contributed by atoms with Gasteiger partial charge in [0, 0.05) is 19.4 Å². The molecule has 0 bridgehead atoms. The van der Waals surface area contributed by atoms with Crippen LogP contribution in [0.4, 0.5) is 0 Å². The van der Waals surface area contributed by atoms with Crippen molar-refractivity contribution in [2.75, 3.05) is 0 Å². The summed E-state index contributed by atoms with van der Waals surface area (Å²) in [6, 6.07) is 0. The van der Waals surface area contributed by atoms with E-state index in [0.29, 0.717) is 11.4 Å². The number of aromatic carboxylic acids is 1. The van der Waals surface area contributed by atoms with Gasteiger partial charge in [-0.3, -0.25) is 4.68 Å². The Morgan fingerprint density at radius 1 is 1.38 bits per heavy atom. The van der Waals surface area contributed by atoms with Gasteiger partial charge in [0.1, 0.15) is 0 Å². The molecule has 0 unspecified atom stereocenters. The monoisotopic (exact) mass is 282 g/mol. The van der Waals surface area contributed by atoms with E-state index >= 15 is 0 Å². The first-order valence-electron chi connectivity index (χ1n) is 4.33. The van der Waals surface area contributed by atoms with Crippen molar-refractivity contribution in [2.45, 2.75) is 0 Å². The van der Waals surface area contributed by atoms with Crippen molar-refractivity contribution in [3.05, 3.63) is 28.8 Å². The molecule has 0 spiro atoms. The highest BCUT2D eigenvalue weighted by Crippen LogP contribution is 2.19. The molecule has 0 saturated carbocycles. The van der Waals surface area contributed by atoms with Crippen molar-refractivity contribution in [2.24, 2.45) is 7.05 Å². The number of hydrogen-bond donors (Lipinski definition) is 1. The van der Waals surface area contributed by atoms with E-state index in [-0.39, 0.29) is 5.69 Å². The second-order valence-corrected chi connectivity index (χ2v) is 3.98. The van der Waals surface area contributed by atoms with Crippen LogP contribution in [0.5, 0.6) is 0 Å². The molecule has 0 atom stereocenters. The number of aromatic nitrogens is 4. The number of carbonyl (C=O) groups is 1. The summed E-state index contributed by atoms with van der Waals surface area (Å²) in [4.78, 5) is 19.1. The van der Waals surface area contributed by atoms with E-state index in [9.17, 15) is 4.79 Å². The molecule has 0 radical (unpaired) electrons. The summed E-state index contributed by atoms with van der Waals surface area (Å²) in [7, 11) is 1.56. The molecule has 6 nitrogen and oxygen atoms in total. The Kier molecular flexibility index (Phi) is 2.69. The molecule has 0 aliphatic heterocycles. The SMILES string of the molecule is Cn1ncc(-c2ncc(Br)cn2)c1C(=O)O. The zero-order valence-corrected chi connectivity index (χ0v) is 9.84. The third-order valence-electron chi connectivity index (χ3n) is 2.00. The molecule has 2 aromatic heterocycles. The molecular formula is C9H7BrN4O2. The number of rotatable bonds is 2. The van der Waals surface area contributed by atoms with Crippen LogP contribution in [0.1, 0.15) is 10.5 Å². The van der Waals surface area contributed by atoms with Crippen LogP contribution in [0.3, 0.4) is 0 Å². The standard InChI is InChI=1S/C9H7BrN4O2/c1-14-7(9(15)16)6(4-13-14)8-11-2-5(10)3-12-8/h2-4H,1H3,(H,15,16). The largest absolute Gasteiger partial charge is 0.477 e. The van der Waals surface area contributed by atoms with Crippen LogP contribution in [0.25, 0.3) is 11.4 Å². The summed E-state index contributed by atoms with van der Waals surface area (Å²) in [5.74, 6) is -0.713. The number of aryl methyl sites for hydroxylation is 1. The van der Waals surface area contributed by atoms with Gasteiger partial charge in [-0.15, -0.1) is 0 Å². The van der Waals surface area contributed by atoms with Gasteiger partial charge in [-0.25, -0.2) is 14.8 Å². The molecule has 7 heteroatoms. The Hall–Kier alpha value is -1.76. The lowest BCUT2D eigenvalue weighted by Crippen LogP contribution is -2.07. The lowest BCUT2D eigenvalue weighted by molar-refractivity contribution is 0.0686. The summed E-state index contributed by atoms with van der Waals surface area (Å²) in [6.07, 6.45) is 4.55. The maximum Gasteiger partial charge on any atom is 0.354 e.